The van der Waals surface area contributed by atoms with Gasteiger partial charge in [-0.3, -0.25) is 4.79 Å². The summed E-state index contributed by atoms with van der Waals surface area (Å²) in [7, 11) is -3.88. The molecule has 0 aromatic heterocycles. The van der Waals surface area contributed by atoms with E-state index in [0.29, 0.717) is 11.4 Å². The van der Waals surface area contributed by atoms with Crippen molar-refractivity contribution in [2.45, 2.75) is 18.7 Å². The zero-order chi connectivity index (χ0) is 18.0. The minimum Gasteiger partial charge on any atom is -0.288 e. The molecule has 25 heavy (non-hydrogen) atoms. The molecule has 0 radical (unpaired) electrons. The molecule has 0 aliphatic heterocycles. The van der Waals surface area contributed by atoms with Crippen LogP contribution in [0.5, 0.6) is 0 Å². The minimum absolute atomic E-state index is 0.0997. The van der Waals surface area contributed by atoms with Crippen LogP contribution in [0, 0.1) is 13.8 Å². The summed E-state index contributed by atoms with van der Waals surface area (Å²) in [6.45, 7) is 3.85. The Hall–Kier alpha value is -2.79. The highest BCUT2D eigenvalue weighted by Crippen LogP contribution is 2.24. The maximum absolute atomic E-state index is 12.8. The Balaban J connectivity index is 2.02. The van der Waals surface area contributed by atoms with Crippen molar-refractivity contribution < 1.29 is 13.2 Å². The summed E-state index contributed by atoms with van der Waals surface area (Å²) in [4.78, 5) is 16.4. The fourth-order valence-corrected chi connectivity index (χ4v) is 3.75. The molecular weight excluding hydrogens is 334 g/mol. The average Bonchev–Trinajstić information content (AvgIpc) is 2.59. The molecule has 0 fully saturated rings. The van der Waals surface area contributed by atoms with Crippen LogP contribution in [0.1, 0.15) is 11.1 Å². The fraction of sp³-hybridized carbons (Fsp3) is 0.100. The Morgan fingerprint density at radius 3 is 1.96 bits per heavy atom. The quantitative estimate of drug-likeness (QED) is 0.789. The van der Waals surface area contributed by atoms with Gasteiger partial charge in [0, 0.05) is 0 Å². The predicted molar refractivity (Wildman–Crippen MR) is 98.9 cm³/mol. The number of nitrogens with zero attached hydrogens (tertiary/aromatic N) is 1. The third-order valence-corrected chi connectivity index (χ3v) is 5.63. The van der Waals surface area contributed by atoms with E-state index in [1.807, 2.05) is 38.1 Å². The second-order valence-corrected chi connectivity index (χ2v) is 7.81. The summed E-state index contributed by atoms with van der Waals surface area (Å²) in [5.41, 5.74) is 3.18. The first-order chi connectivity index (χ1) is 11.9. The number of carbonyl (C=O) groups excluding carboxylic acids is 1. The minimum atomic E-state index is -3.88. The maximum atomic E-state index is 12.8. The van der Waals surface area contributed by atoms with E-state index >= 15 is 0 Å². The van der Waals surface area contributed by atoms with Gasteiger partial charge in [0.05, 0.1) is 16.3 Å². The van der Waals surface area contributed by atoms with Gasteiger partial charge in [0.15, 0.2) is 5.78 Å². The molecule has 0 bridgehead atoms. The lowest BCUT2D eigenvalue weighted by Crippen LogP contribution is -2.17. The molecule has 0 spiro atoms. The Labute approximate surface area is 147 Å². The standard InChI is InChI=1S/C20H17NO3S/c1-14-3-7-16(8-4-14)21-17-9-12-19(22)20(13-17)25(23,24)18-10-5-15(2)6-11-18/h3-13H,1-2H3. The average molecular weight is 351 g/mol. The first-order valence-corrected chi connectivity index (χ1v) is 9.26. The topological polar surface area (TPSA) is 63.6 Å². The summed E-state index contributed by atoms with van der Waals surface area (Å²) in [6.07, 6.45) is 4.10. The van der Waals surface area contributed by atoms with Crippen molar-refractivity contribution in [1.82, 2.24) is 0 Å². The molecule has 4 nitrogen and oxygen atoms in total. The molecule has 0 amide bonds. The van der Waals surface area contributed by atoms with E-state index in [1.165, 1.54) is 30.4 Å². The molecule has 0 saturated carbocycles. The van der Waals surface area contributed by atoms with E-state index in [9.17, 15) is 13.2 Å². The summed E-state index contributed by atoms with van der Waals surface area (Å²) in [6, 6.07) is 14.0. The number of hydrogen-bond donors (Lipinski definition) is 0. The van der Waals surface area contributed by atoms with E-state index in [-0.39, 0.29) is 9.80 Å². The van der Waals surface area contributed by atoms with Crippen molar-refractivity contribution >= 4 is 27.0 Å². The third kappa shape index (κ3) is 3.67. The number of allylic oxidation sites excluding steroid dienone is 4. The SMILES string of the molecule is Cc1ccc(N=C2C=CC(=O)C(S(=O)(=O)c3ccc(C)cc3)=C2)cc1. The predicted octanol–water partition coefficient (Wildman–Crippen LogP) is 3.87. The number of carbonyl (C=O) groups is 1. The molecule has 3 rings (SSSR count). The van der Waals surface area contributed by atoms with Gasteiger partial charge >= 0.3 is 0 Å². The van der Waals surface area contributed by atoms with Crippen molar-refractivity contribution in [3.05, 3.63) is 82.8 Å². The third-order valence-electron chi connectivity index (χ3n) is 3.84. The van der Waals surface area contributed by atoms with Crippen LogP contribution in [0.2, 0.25) is 0 Å². The molecule has 0 saturated heterocycles. The van der Waals surface area contributed by atoms with Gasteiger partial charge < -0.3 is 0 Å². The highest BCUT2D eigenvalue weighted by Gasteiger charge is 2.27. The van der Waals surface area contributed by atoms with E-state index in [2.05, 4.69) is 4.99 Å². The molecule has 0 unspecified atom stereocenters. The Kier molecular flexibility index (Phi) is 4.51. The number of aliphatic imine (C=N–C) groups is 1. The zero-order valence-corrected chi connectivity index (χ0v) is 14.7. The summed E-state index contributed by atoms with van der Waals surface area (Å²) < 4.78 is 25.5. The molecule has 0 atom stereocenters. The van der Waals surface area contributed by atoms with Gasteiger partial charge in [-0.05, 0) is 56.3 Å². The van der Waals surface area contributed by atoms with Crippen molar-refractivity contribution in [3.63, 3.8) is 0 Å². The largest absolute Gasteiger partial charge is 0.288 e. The van der Waals surface area contributed by atoms with Crippen molar-refractivity contribution in [2.24, 2.45) is 4.99 Å². The molecule has 0 heterocycles. The van der Waals surface area contributed by atoms with Crippen LogP contribution in [0.25, 0.3) is 0 Å². The molecule has 1 aliphatic carbocycles. The normalized spacial score (nSPS) is 16.2. The van der Waals surface area contributed by atoms with Gasteiger partial charge in [0.1, 0.15) is 4.91 Å². The molecule has 1 aliphatic rings. The van der Waals surface area contributed by atoms with Gasteiger partial charge in [-0.2, -0.15) is 0 Å². The Morgan fingerprint density at radius 1 is 0.800 bits per heavy atom. The van der Waals surface area contributed by atoms with Crippen LogP contribution in [0.4, 0.5) is 5.69 Å². The Bertz CT molecular complexity index is 1010. The van der Waals surface area contributed by atoms with E-state index in [0.717, 1.165) is 11.1 Å². The van der Waals surface area contributed by atoms with Crippen molar-refractivity contribution in [2.75, 3.05) is 0 Å². The van der Waals surface area contributed by atoms with Gasteiger partial charge in [0.25, 0.3) is 0 Å². The monoisotopic (exact) mass is 351 g/mol. The Morgan fingerprint density at radius 2 is 1.36 bits per heavy atom. The number of hydrogen-bond acceptors (Lipinski definition) is 4. The number of aryl methyl sites for hydroxylation is 2. The van der Waals surface area contributed by atoms with Crippen LogP contribution in [0.3, 0.4) is 0 Å². The molecule has 5 heteroatoms. The maximum Gasteiger partial charge on any atom is 0.210 e. The first kappa shape index (κ1) is 17.0. The van der Waals surface area contributed by atoms with Gasteiger partial charge in [-0.25, -0.2) is 13.4 Å². The summed E-state index contributed by atoms with van der Waals surface area (Å²) in [5.74, 6) is -0.538. The van der Waals surface area contributed by atoms with E-state index in [1.54, 1.807) is 12.1 Å². The van der Waals surface area contributed by atoms with Gasteiger partial charge in [0.2, 0.25) is 9.84 Å². The van der Waals surface area contributed by atoms with Crippen LogP contribution >= 0.6 is 0 Å². The molecule has 2 aromatic rings. The lowest BCUT2D eigenvalue weighted by molar-refractivity contribution is -0.110. The van der Waals surface area contributed by atoms with E-state index in [4.69, 9.17) is 0 Å². The summed E-state index contributed by atoms with van der Waals surface area (Å²) in [5, 5.41) is 0. The molecular formula is C20H17NO3S. The molecule has 0 N–H and O–H groups in total. The number of ketones is 1. The molecule has 2 aromatic carbocycles. The zero-order valence-electron chi connectivity index (χ0n) is 13.9. The second kappa shape index (κ2) is 6.61. The van der Waals surface area contributed by atoms with Crippen LogP contribution in [-0.2, 0) is 14.6 Å². The van der Waals surface area contributed by atoms with Gasteiger partial charge in [-0.15, -0.1) is 0 Å². The van der Waals surface area contributed by atoms with E-state index < -0.39 is 15.6 Å². The van der Waals surface area contributed by atoms with Gasteiger partial charge in [-0.1, -0.05) is 35.4 Å². The number of sulfone groups is 1. The second-order valence-electron chi connectivity index (χ2n) is 5.89. The summed E-state index contributed by atoms with van der Waals surface area (Å²) >= 11 is 0. The van der Waals surface area contributed by atoms with Crippen LogP contribution in [-0.4, -0.2) is 19.9 Å². The lowest BCUT2D eigenvalue weighted by Gasteiger charge is -2.10. The highest BCUT2D eigenvalue weighted by molar-refractivity contribution is 7.96. The lowest BCUT2D eigenvalue weighted by atomic mass is 10.1. The molecule has 126 valence electrons. The first-order valence-electron chi connectivity index (χ1n) is 7.77. The van der Waals surface area contributed by atoms with Crippen LogP contribution in [0.15, 0.2) is 81.6 Å². The van der Waals surface area contributed by atoms with Crippen molar-refractivity contribution in [3.8, 4) is 0 Å². The van der Waals surface area contributed by atoms with Crippen molar-refractivity contribution in [1.29, 1.82) is 0 Å². The highest BCUT2D eigenvalue weighted by atomic mass is 32.2. The fourth-order valence-electron chi connectivity index (χ4n) is 2.39. The number of rotatable bonds is 3. The number of benzene rings is 2. The smallest absolute Gasteiger partial charge is 0.210 e. The van der Waals surface area contributed by atoms with Crippen LogP contribution < -0.4 is 0 Å².